The van der Waals surface area contributed by atoms with E-state index in [4.69, 9.17) is 0 Å². The van der Waals surface area contributed by atoms with Crippen LogP contribution in [0.4, 0.5) is 5.82 Å². The maximum atomic E-state index is 13.1. The second kappa shape index (κ2) is 9.11. The molecule has 1 saturated heterocycles. The van der Waals surface area contributed by atoms with Gasteiger partial charge in [0.05, 0.1) is 17.0 Å². The van der Waals surface area contributed by atoms with Gasteiger partial charge in [0, 0.05) is 30.5 Å². The fourth-order valence-electron chi connectivity index (χ4n) is 4.75. The minimum absolute atomic E-state index is 0.0780. The SMILES string of the molecule is Cc1ccc(-n2cc3c(N4CCCC(C(=O)NCc5ccc6sccc6c5)C4)ncnc3n2)cc1. The number of thiophene rings is 1. The lowest BCUT2D eigenvalue weighted by atomic mass is 9.97. The monoisotopic (exact) mass is 482 g/mol. The molecule has 4 heterocycles. The van der Waals surface area contributed by atoms with Crippen LogP contribution in [0.2, 0.25) is 0 Å². The summed E-state index contributed by atoms with van der Waals surface area (Å²) in [7, 11) is 0. The highest BCUT2D eigenvalue weighted by Gasteiger charge is 2.28. The molecule has 1 amide bonds. The molecule has 1 N–H and O–H groups in total. The van der Waals surface area contributed by atoms with Crippen LogP contribution in [-0.4, -0.2) is 38.7 Å². The van der Waals surface area contributed by atoms with Gasteiger partial charge in [0.1, 0.15) is 12.1 Å². The number of carbonyl (C=O) groups excluding carboxylic acids is 1. The van der Waals surface area contributed by atoms with Gasteiger partial charge in [0.2, 0.25) is 5.91 Å². The van der Waals surface area contributed by atoms with Gasteiger partial charge in [0.15, 0.2) is 5.65 Å². The number of fused-ring (bicyclic) bond motifs is 2. The minimum Gasteiger partial charge on any atom is -0.355 e. The minimum atomic E-state index is -0.0780. The standard InChI is InChI=1S/C27H26N6OS/c1-18-4-7-22(8-5-18)33-16-23-25(31-33)29-17-30-26(23)32-11-2-3-21(15-32)27(34)28-14-19-6-9-24-20(13-19)10-12-35-24/h4-10,12-13,16-17,21H,2-3,11,14-15H2,1H3,(H,28,34). The Balaban J connectivity index is 1.18. The third-order valence-electron chi connectivity index (χ3n) is 6.67. The van der Waals surface area contributed by atoms with Crippen LogP contribution < -0.4 is 10.2 Å². The summed E-state index contributed by atoms with van der Waals surface area (Å²) in [5, 5.41) is 12.0. The third-order valence-corrected chi connectivity index (χ3v) is 7.57. The van der Waals surface area contributed by atoms with Gasteiger partial charge in [-0.2, -0.15) is 0 Å². The van der Waals surface area contributed by atoms with Gasteiger partial charge >= 0.3 is 0 Å². The second-order valence-corrected chi connectivity index (χ2v) is 10.1. The predicted molar refractivity (Wildman–Crippen MR) is 140 cm³/mol. The van der Waals surface area contributed by atoms with Crippen molar-refractivity contribution in [3.05, 3.63) is 77.6 Å². The first-order valence-electron chi connectivity index (χ1n) is 11.9. The van der Waals surface area contributed by atoms with Crippen molar-refractivity contribution in [2.45, 2.75) is 26.3 Å². The molecule has 3 aromatic heterocycles. The number of aromatic nitrogens is 4. The van der Waals surface area contributed by atoms with E-state index in [1.807, 2.05) is 23.0 Å². The lowest BCUT2D eigenvalue weighted by molar-refractivity contribution is -0.125. The summed E-state index contributed by atoms with van der Waals surface area (Å²) in [6.45, 7) is 4.11. The zero-order valence-corrected chi connectivity index (χ0v) is 20.3. The molecule has 6 rings (SSSR count). The number of piperidine rings is 1. The van der Waals surface area contributed by atoms with Crippen molar-refractivity contribution in [3.8, 4) is 5.69 Å². The van der Waals surface area contributed by atoms with Gasteiger partial charge in [-0.15, -0.1) is 16.4 Å². The highest BCUT2D eigenvalue weighted by atomic mass is 32.1. The summed E-state index contributed by atoms with van der Waals surface area (Å²) >= 11 is 1.73. The number of rotatable bonds is 5. The molecule has 8 heteroatoms. The molecule has 0 bridgehead atoms. The molecule has 1 fully saturated rings. The zero-order valence-electron chi connectivity index (χ0n) is 19.5. The third kappa shape index (κ3) is 4.37. The summed E-state index contributed by atoms with van der Waals surface area (Å²) in [5.41, 5.74) is 3.97. The Morgan fingerprint density at radius 2 is 2.03 bits per heavy atom. The number of aryl methyl sites for hydroxylation is 1. The average Bonchev–Trinajstić information content (AvgIpc) is 3.54. The number of carbonyl (C=O) groups is 1. The topological polar surface area (TPSA) is 75.9 Å². The molecule has 0 aliphatic carbocycles. The first-order valence-corrected chi connectivity index (χ1v) is 12.8. The molecule has 1 unspecified atom stereocenters. The Morgan fingerprint density at radius 3 is 2.91 bits per heavy atom. The first-order chi connectivity index (χ1) is 17.1. The van der Waals surface area contributed by atoms with Crippen LogP contribution in [-0.2, 0) is 11.3 Å². The summed E-state index contributed by atoms with van der Waals surface area (Å²) in [4.78, 5) is 24.2. The molecule has 5 aromatic rings. The lowest BCUT2D eigenvalue weighted by Crippen LogP contribution is -2.43. The Labute approximate surface area is 207 Å². The van der Waals surface area contributed by atoms with Gasteiger partial charge in [-0.3, -0.25) is 4.79 Å². The van der Waals surface area contributed by atoms with E-state index in [1.165, 1.54) is 15.6 Å². The quantitative estimate of drug-likeness (QED) is 0.387. The van der Waals surface area contributed by atoms with Gasteiger partial charge in [-0.25, -0.2) is 14.6 Å². The average molecular weight is 483 g/mol. The largest absolute Gasteiger partial charge is 0.355 e. The molecule has 176 valence electrons. The molecule has 7 nitrogen and oxygen atoms in total. The van der Waals surface area contributed by atoms with Crippen LogP contribution in [0.3, 0.4) is 0 Å². The van der Waals surface area contributed by atoms with Crippen LogP contribution >= 0.6 is 11.3 Å². The smallest absolute Gasteiger partial charge is 0.225 e. The van der Waals surface area contributed by atoms with E-state index in [-0.39, 0.29) is 11.8 Å². The van der Waals surface area contributed by atoms with Crippen LogP contribution in [0.5, 0.6) is 0 Å². The highest BCUT2D eigenvalue weighted by molar-refractivity contribution is 7.17. The Kier molecular flexibility index (Phi) is 5.66. The van der Waals surface area contributed by atoms with Crippen LogP contribution in [0.1, 0.15) is 24.0 Å². The van der Waals surface area contributed by atoms with E-state index in [0.717, 1.165) is 41.8 Å². The van der Waals surface area contributed by atoms with Crippen molar-refractivity contribution in [2.24, 2.45) is 5.92 Å². The molecule has 1 aliphatic heterocycles. The zero-order chi connectivity index (χ0) is 23.8. The van der Waals surface area contributed by atoms with E-state index in [9.17, 15) is 4.79 Å². The van der Waals surface area contributed by atoms with Crippen LogP contribution in [0.15, 0.2) is 66.4 Å². The Hall–Kier alpha value is -3.78. The Morgan fingerprint density at radius 1 is 1.14 bits per heavy atom. The van der Waals surface area contributed by atoms with Crippen molar-refractivity contribution in [3.63, 3.8) is 0 Å². The summed E-state index contributed by atoms with van der Waals surface area (Å²) in [5.74, 6) is 0.861. The van der Waals surface area contributed by atoms with E-state index in [0.29, 0.717) is 18.7 Å². The Bertz CT molecular complexity index is 1510. The van der Waals surface area contributed by atoms with Crippen molar-refractivity contribution < 1.29 is 4.79 Å². The molecular weight excluding hydrogens is 456 g/mol. The maximum Gasteiger partial charge on any atom is 0.225 e. The number of nitrogens with one attached hydrogen (secondary N) is 1. The normalized spacial score (nSPS) is 16.1. The van der Waals surface area contributed by atoms with Gasteiger partial charge in [0.25, 0.3) is 0 Å². The van der Waals surface area contributed by atoms with Crippen molar-refractivity contribution in [1.29, 1.82) is 0 Å². The number of anilines is 1. The van der Waals surface area contributed by atoms with Gasteiger partial charge < -0.3 is 10.2 Å². The van der Waals surface area contributed by atoms with E-state index >= 15 is 0 Å². The molecule has 0 spiro atoms. The molecule has 1 atom stereocenters. The number of benzene rings is 2. The van der Waals surface area contributed by atoms with Gasteiger partial charge in [-0.1, -0.05) is 23.8 Å². The van der Waals surface area contributed by atoms with Crippen LogP contribution in [0.25, 0.3) is 26.8 Å². The van der Waals surface area contributed by atoms with E-state index in [2.05, 4.69) is 74.0 Å². The van der Waals surface area contributed by atoms with Crippen molar-refractivity contribution in [1.82, 2.24) is 25.1 Å². The number of nitrogens with zero attached hydrogens (tertiary/aromatic N) is 5. The summed E-state index contributed by atoms with van der Waals surface area (Å²) < 4.78 is 3.12. The molecule has 35 heavy (non-hydrogen) atoms. The first kappa shape index (κ1) is 21.7. The highest BCUT2D eigenvalue weighted by Crippen LogP contribution is 2.28. The fraction of sp³-hybridized carbons (Fsp3) is 0.259. The molecule has 1 aliphatic rings. The van der Waals surface area contributed by atoms with Gasteiger partial charge in [-0.05, 0) is 66.4 Å². The molecule has 2 aromatic carbocycles. The van der Waals surface area contributed by atoms with E-state index < -0.39 is 0 Å². The second-order valence-electron chi connectivity index (χ2n) is 9.14. The molecular formula is C27H26N6OS. The summed E-state index contributed by atoms with van der Waals surface area (Å²) in [6.07, 6.45) is 5.37. The fourth-order valence-corrected chi connectivity index (χ4v) is 5.52. The van der Waals surface area contributed by atoms with Crippen molar-refractivity contribution >= 4 is 44.2 Å². The molecule has 0 radical (unpaired) electrons. The number of amides is 1. The summed E-state index contributed by atoms with van der Waals surface area (Å²) in [6, 6.07) is 16.7. The molecule has 0 saturated carbocycles. The predicted octanol–water partition coefficient (Wildman–Crippen LogP) is 4.87. The lowest BCUT2D eigenvalue weighted by Gasteiger charge is -2.33. The maximum absolute atomic E-state index is 13.1. The van der Waals surface area contributed by atoms with E-state index in [1.54, 1.807) is 17.7 Å². The van der Waals surface area contributed by atoms with Crippen LogP contribution in [0, 0.1) is 12.8 Å². The number of hydrogen-bond acceptors (Lipinski definition) is 6. The van der Waals surface area contributed by atoms with Crippen molar-refractivity contribution in [2.75, 3.05) is 18.0 Å². The number of hydrogen-bond donors (Lipinski definition) is 1.